The summed E-state index contributed by atoms with van der Waals surface area (Å²) in [6.45, 7) is 2.11. The van der Waals surface area contributed by atoms with E-state index in [1.165, 1.54) is 0 Å². The molecule has 0 aliphatic carbocycles. The van der Waals surface area contributed by atoms with E-state index in [1.54, 1.807) is 0 Å². The van der Waals surface area contributed by atoms with Gasteiger partial charge in [-0.15, -0.1) is 0 Å². The summed E-state index contributed by atoms with van der Waals surface area (Å²) in [5, 5.41) is 0. The summed E-state index contributed by atoms with van der Waals surface area (Å²) >= 11 is 1.03. The maximum absolute atomic E-state index is 10.5. The van der Waals surface area contributed by atoms with Gasteiger partial charge in [-0.3, -0.25) is 0 Å². The van der Waals surface area contributed by atoms with Gasteiger partial charge in [0.15, 0.2) is 0 Å². The second kappa shape index (κ2) is 6.15. The summed E-state index contributed by atoms with van der Waals surface area (Å²) in [6.07, 6.45) is 3.84. The molecule has 0 aliphatic heterocycles. The molecular weight excluding hydrogens is 179 g/mol. The van der Waals surface area contributed by atoms with Crippen LogP contribution in [0.3, 0.4) is 0 Å². The summed E-state index contributed by atoms with van der Waals surface area (Å²) in [4.78, 5) is 10.5. The molecule has 2 nitrogen and oxygen atoms in total. The van der Waals surface area contributed by atoms with Gasteiger partial charge in [0.1, 0.15) is 0 Å². The number of unbranched alkanes of at least 4 members (excludes halogenated alkanes) is 2. The van der Waals surface area contributed by atoms with Crippen LogP contribution in [-0.2, 0) is 8.52 Å². The van der Waals surface area contributed by atoms with Crippen LogP contribution in [-0.4, -0.2) is 23.2 Å². The van der Waals surface area contributed by atoms with Crippen LogP contribution in [0.15, 0.2) is 0 Å². The number of hydrogen-bond donors (Lipinski definition) is 0. The number of hydrogen-bond acceptors (Lipinski definition) is 2. The fourth-order valence-corrected chi connectivity index (χ4v) is 0.826. The van der Waals surface area contributed by atoms with E-state index >= 15 is 0 Å². The Labute approximate surface area is 64.8 Å². The molecule has 0 bridgehead atoms. The van der Waals surface area contributed by atoms with Crippen molar-refractivity contribution in [2.24, 2.45) is 0 Å². The van der Waals surface area contributed by atoms with E-state index in [9.17, 15) is 4.79 Å². The molecule has 0 amide bonds. The predicted octanol–water partition coefficient (Wildman–Crippen LogP) is 0.658. The molecule has 0 aliphatic rings. The molecular formula is C6H13AsO2. The molecule has 0 aromatic rings. The summed E-state index contributed by atoms with van der Waals surface area (Å²) in [5.74, 6) is -0.0662. The van der Waals surface area contributed by atoms with Crippen molar-refractivity contribution in [3.05, 3.63) is 0 Å². The Morgan fingerprint density at radius 1 is 1.56 bits per heavy atom. The molecule has 3 heteroatoms. The Balaban J connectivity index is 2.97. The number of rotatable bonds is 4. The second-order valence-corrected chi connectivity index (χ2v) is 2.44. The standard InChI is InChI=1S/C6H13AsO2/c1-2-3-4-5-6(8)9-7/h2-5,7H2,1H3. The Morgan fingerprint density at radius 2 is 2.22 bits per heavy atom. The summed E-state index contributed by atoms with van der Waals surface area (Å²) < 4.78 is 4.52. The third-order valence-corrected chi connectivity index (χ3v) is 1.67. The minimum absolute atomic E-state index is 0.0662. The van der Waals surface area contributed by atoms with Gasteiger partial charge in [-0.1, -0.05) is 0 Å². The van der Waals surface area contributed by atoms with E-state index in [-0.39, 0.29) is 5.97 Å². The molecule has 0 N–H and O–H groups in total. The van der Waals surface area contributed by atoms with Gasteiger partial charge in [0.25, 0.3) is 0 Å². The first-order valence-electron chi connectivity index (χ1n) is 3.20. The topological polar surface area (TPSA) is 26.3 Å². The van der Waals surface area contributed by atoms with E-state index in [0.29, 0.717) is 6.42 Å². The third kappa shape index (κ3) is 5.91. The zero-order valence-corrected chi connectivity index (χ0v) is 8.14. The van der Waals surface area contributed by atoms with Crippen molar-refractivity contribution in [2.45, 2.75) is 32.6 Å². The molecule has 0 aromatic heterocycles. The molecule has 9 heavy (non-hydrogen) atoms. The van der Waals surface area contributed by atoms with E-state index < -0.39 is 0 Å². The first-order chi connectivity index (χ1) is 4.31. The van der Waals surface area contributed by atoms with Gasteiger partial charge in [-0.2, -0.15) is 0 Å². The van der Waals surface area contributed by atoms with Gasteiger partial charge in [0.05, 0.1) is 0 Å². The summed E-state index contributed by atoms with van der Waals surface area (Å²) in [5.41, 5.74) is 0. The molecule has 0 rings (SSSR count). The SMILES string of the molecule is CCCCCC(=O)O[AsH2]. The van der Waals surface area contributed by atoms with Crippen molar-refractivity contribution in [3.63, 3.8) is 0 Å². The molecule has 0 radical (unpaired) electrons. The Morgan fingerprint density at radius 3 is 2.67 bits per heavy atom. The van der Waals surface area contributed by atoms with Crippen LogP contribution in [0, 0.1) is 0 Å². The first-order valence-corrected chi connectivity index (χ1v) is 4.19. The van der Waals surface area contributed by atoms with Gasteiger partial charge in [0.2, 0.25) is 0 Å². The Bertz CT molecular complexity index is 83.1. The Hall–Kier alpha value is 0.0284. The van der Waals surface area contributed by atoms with Crippen molar-refractivity contribution in [3.8, 4) is 0 Å². The first kappa shape index (κ1) is 9.03. The van der Waals surface area contributed by atoms with Crippen LogP contribution in [0.4, 0.5) is 0 Å². The predicted molar refractivity (Wildman–Crippen MR) is 38.8 cm³/mol. The van der Waals surface area contributed by atoms with Crippen molar-refractivity contribution in [1.82, 2.24) is 0 Å². The summed E-state index contributed by atoms with van der Waals surface area (Å²) in [7, 11) is 0. The van der Waals surface area contributed by atoms with Crippen LogP contribution in [0.25, 0.3) is 0 Å². The van der Waals surface area contributed by atoms with Crippen molar-refractivity contribution < 1.29 is 8.52 Å². The van der Waals surface area contributed by atoms with Gasteiger partial charge >= 0.3 is 64.3 Å². The average Bonchev–Trinajstić information content (AvgIpc) is 1.89. The molecule has 0 spiro atoms. The fourth-order valence-electron chi connectivity index (χ4n) is 0.578. The molecule has 0 aromatic carbocycles. The zero-order valence-electron chi connectivity index (χ0n) is 5.72. The van der Waals surface area contributed by atoms with Crippen molar-refractivity contribution in [1.29, 1.82) is 0 Å². The molecule has 1 atom stereocenters. The van der Waals surface area contributed by atoms with E-state index in [4.69, 9.17) is 0 Å². The van der Waals surface area contributed by atoms with Crippen molar-refractivity contribution in [2.75, 3.05) is 0 Å². The van der Waals surface area contributed by atoms with Gasteiger partial charge in [-0.25, -0.2) is 0 Å². The second-order valence-electron chi connectivity index (χ2n) is 1.95. The number of carbonyl (C=O) groups excluding carboxylic acids is 1. The van der Waals surface area contributed by atoms with E-state index in [2.05, 4.69) is 10.6 Å². The quantitative estimate of drug-likeness (QED) is 0.483. The fraction of sp³-hybridized carbons (Fsp3) is 0.833. The van der Waals surface area contributed by atoms with Crippen LogP contribution < -0.4 is 0 Å². The van der Waals surface area contributed by atoms with E-state index in [1.807, 2.05) is 0 Å². The maximum atomic E-state index is 10.5. The molecule has 1 unspecified atom stereocenters. The molecule has 0 saturated heterocycles. The van der Waals surface area contributed by atoms with Crippen LogP contribution in [0.1, 0.15) is 32.6 Å². The van der Waals surface area contributed by atoms with Gasteiger partial charge < -0.3 is 0 Å². The Kier molecular flexibility index (Phi) is 6.17. The van der Waals surface area contributed by atoms with Gasteiger partial charge in [0, 0.05) is 0 Å². The zero-order chi connectivity index (χ0) is 7.11. The van der Waals surface area contributed by atoms with Crippen LogP contribution in [0.5, 0.6) is 0 Å². The van der Waals surface area contributed by atoms with Crippen LogP contribution >= 0.6 is 0 Å². The average molecular weight is 192 g/mol. The number of carbonyl (C=O) groups is 1. The van der Waals surface area contributed by atoms with Gasteiger partial charge in [-0.05, 0) is 0 Å². The molecule has 0 heterocycles. The molecule has 0 fully saturated rings. The van der Waals surface area contributed by atoms with E-state index in [0.717, 1.165) is 36.5 Å². The molecule has 54 valence electrons. The third-order valence-electron chi connectivity index (χ3n) is 1.12. The van der Waals surface area contributed by atoms with Crippen molar-refractivity contribution >= 4 is 23.2 Å². The monoisotopic (exact) mass is 192 g/mol. The molecule has 0 saturated carbocycles. The van der Waals surface area contributed by atoms with Crippen LogP contribution in [0.2, 0.25) is 0 Å². The summed E-state index contributed by atoms with van der Waals surface area (Å²) in [6, 6.07) is 0. The minimum atomic E-state index is -0.0662. The normalized spacial score (nSPS) is 9.11.